The second kappa shape index (κ2) is 6.18. The van der Waals surface area contributed by atoms with Crippen molar-refractivity contribution in [2.75, 3.05) is 0 Å². The Hall–Kier alpha value is -1.68. The standard InChI is InChI=1S/C15H18ClNO3/c1-9(18)13(10(2)19)15(3,4)17-14(20)11-5-7-12(16)8-6-11/h5-8,13H,1-4H3,(H,17,20). The van der Waals surface area contributed by atoms with Gasteiger partial charge in [0, 0.05) is 10.6 Å². The molecule has 0 aromatic heterocycles. The van der Waals surface area contributed by atoms with Gasteiger partial charge >= 0.3 is 0 Å². The lowest BCUT2D eigenvalue weighted by Crippen LogP contribution is -2.53. The van der Waals surface area contributed by atoms with Gasteiger partial charge < -0.3 is 5.32 Å². The summed E-state index contributed by atoms with van der Waals surface area (Å²) < 4.78 is 0. The SMILES string of the molecule is CC(=O)C(C(C)=O)C(C)(C)NC(=O)c1ccc(Cl)cc1. The molecular formula is C15H18ClNO3. The lowest BCUT2D eigenvalue weighted by atomic mass is 9.81. The Morgan fingerprint density at radius 1 is 1.05 bits per heavy atom. The first-order chi connectivity index (χ1) is 9.15. The van der Waals surface area contributed by atoms with Crippen molar-refractivity contribution in [3.05, 3.63) is 34.9 Å². The monoisotopic (exact) mass is 295 g/mol. The molecule has 0 radical (unpaired) electrons. The molecule has 1 aromatic rings. The molecular weight excluding hydrogens is 278 g/mol. The maximum atomic E-state index is 12.1. The molecule has 0 aliphatic heterocycles. The Morgan fingerprint density at radius 3 is 1.90 bits per heavy atom. The molecule has 0 spiro atoms. The van der Waals surface area contributed by atoms with Crippen LogP contribution < -0.4 is 5.32 Å². The van der Waals surface area contributed by atoms with E-state index in [0.717, 1.165) is 0 Å². The molecule has 0 atom stereocenters. The number of ketones is 2. The first kappa shape index (κ1) is 16.4. The number of rotatable bonds is 5. The topological polar surface area (TPSA) is 63.2 Å². The second-order valence-corrected chi connectivity index (χ2v) is 5.77. The number of carbonyl (C=O) groups excluding carboxylic acids is 3. The maximum absolute atomic E-state index is 12.1. The fourth-order valence-electron chi connectivity index (χ4n) is 2.34. The van der Waals surface area contributed by atoms with Gasteiger partial charge in [0.1, 0.15) is 11.6 Å². The predicted molar refractivity (Wildman–Crippen MR) is 77.8 cm³/mol. The third-order valence-corrected chi connectivity index (χ3v) is 3.33. The van der Waals surface area contributed by atoms with Crippen LogP contribution in [0.1, 0.15) is 38.1 Å². The molecule has 0 fully saturated rings. The predicted octanol–water partition coefficient (Wildman–Crippen LogP) is 2.64. The summed E-state index contributed by atoms with van der Waals surface area (Å²) in [5.74, 6) is -1.74. The smallest absolute Gasteiger partial charge is 0.251 e. The number of amides is 1. The maximum Gasteiger partial charge on any atom is 0.251 e. The van der Waals surface area contributed by atoms with Gasteiger partial charge in [-0.1, -0.05) is 11.6 Å². The van der Waals surface area contributed by atoms with E-state index in [2.05, 4.69) is 5.32 Å². The zero-order valence-corrected chi connectivity index (χ0v) is 12.7. The minimum absolute atomic E-state index is 0.265. The van der Waals surface area contributed by atoms with Gasteiger partial charge in [-0.3, -0.25) is 14.4 Å². The summed E-state index contributed by atoms with van der Waals surface area (Å²) in [6.07, 6.45) is 0. The largest absolute Gasteiger partial charge is 0.346 e. The van der Waals surface area contributed by atoms with Crippen LogP contribution in [0.25, 0.3) is 0 Å². The lowest BCUT2D eigenvalue weighted by Gasteiger charge is -2.32. The van der Waals surface area contributed by atoms with E-state index < -0.39 is 11.5 Å². The van der Waals surface area contributed by atoms with Crippen LogP contribution in [0.4, 0.5) is 0 Å². The summed E-state index contributed by atoms with van der Waals surface area (Å²) in [6.45, 7) is 6.02. The first-order valence-electron chi connectivity index (χ1n) is 6.24. The number of Topliss-reactive ketones (excluding diaryl/α,β-unsaturated/α-hetero) is 2. The van der Waals surface area contributed by atoms with Crippen LogP contribution in [0.5, 0.6) is 0 Å². The van der Waals surface area contributed by atoms with Crippen molar-refractivity contribution in [3.63, 3.8) is 0 Å². The molecule has 0 saturated heterocycles. The van der Waals surface area contributed by atoms with E-state index in [1.165, 1.54) is 13.8 Å². The van der Waals surface area contributed by atoms with E-state index in [4.69, 9.17) is 11.6 Å². The molecule has 0 aliphatic rings. The van der Waals surface area contributed by atoms with Crippen LogP contribution in [0.2, 0.25) is 5.02 Å². The fraction of sp³-hybridized carbons (Fsp3) is 0.400. The van der Waals surface area contributed by atoms with E-state index in [0.29, 0.717) is 10.6 Å². The normalized spacial score (nSPS) is 11.3. The van der Waals surface area contributed by atoms with Gasteiger partial charge in [0.15, 0.2) is 0 Å². The van der Waals surface area contributed by atoms with E-state index in [1.807, 2.05) is 0 Å². The van der Waals surface area contributed by atoms with Crippen LogP contribution in [0.15, 0.2) is 24.3 Å². The Balaban J connectivity index is 2.94. The quantitative estimate of drug-likeness (QED) is 0.849. The molecule has 1 rings (SSSR count). The Morgan fingerprint density at radius 2 is 1.50 bits per heavy atom. The van der Waals surface area contributed by atoms with Gasteiger partial charge in [-0.05, 0) is 52.0 Å². The Bertz CT molecular complexity index is 521. The van der Waals surface area contributed by atoms with Gasteiger partial charge in [-0.25, -0.2) is 0 Å². The zero-order chi connectivity index (χ0) is 15.5. The van der Waals surface area contributed by atoms with Crippen molar-refractivity contribution >= 4 is 29.1 Å². The van der Waals surface area contributed by atoms with Crippen molar-refractivity contribution < 1.29 is 14.4 Å². The lowest BCUT2D eigenvalue weighted by molar-refractivity contribution is -0.133. The Labute approximate surface area is 123 Å². The number of hydrogen-bond donors (Lipinski definition) is 1. The second-order valence-electron chi connectivity index (χ2n) is 5.34. The molecule has 0 heterocycles. The van der Waals surface area contributed by atoms with Crippen LogP contribution in [-0.4, -0.2) is 23.0 Å². The van der Waals surface area contributed by atoms with Crippen molar-refractivity contribution in [3.8, 4) is 0 Å². The average Bonchev–Trinajstić information content (AvgIpc) is 2.26. The molecule has 20 heavy (non-hydrogen) atoms. The number of halogens is 1. The van der Waals surface area contributed by atoms with E-state index >= 15 is 0 Å². The molecule has 108 valence electrons. The van der Waals surface area contributed by atoms with Crippen molar-refractivity contribution in [1.29, 1.82) is 0 Å². The van der Waals surface area contributed by atoms with Crippen molar-refractivity contribution in [2.24, 2.45) is 5.92 Å². The van der Waals surface area contributed by atoms with Crippen molar-refractivity contribution in [1.82, 2.24) is 5.32 Å². The van der Waals surface area contributed by atoms with Crippen LogP contribution in [0.3, 0.4) is 0 Å². The fourth-order valence-corrected chi connectivity index (χ4v) is 2.47. The summed E-state index contributed by atoms with van der Waals surface area (Å²) in [5.41, 5.74) is -0.526. The van der Waals surface area contributed by atoms with Crippen LogP contribution >= 0.6 is 11.6 Å². The van der Waals surface area contributed by atoms with Gasteiger partial charge in [-0.2, -0.15) is 0 Å². The molecule has 0 bridgehead atoms. The molecule has 1 amide bonds. The highest BCUT2D eigenvalue weighted by Gasteiger charge is 2.37. The highest BCUT2D eigenvalue weighted by Crippen LogP contribution is 2.20. The molecule has 5 heteroatoms. The molecule has 4 nitrogen and oxygen atoms in total. The number of carbonyl (C=O) groups is 3. The van der Waals surface area contributed by atoms with Crippen LogP contribution in [-0.2, 0) is 9.59 Å². The number of benzene rings is 1. The highest BCUT2D eigenvalue weighted by atomic mass is 35.5. The number of nitrogens with one attached hydrogen (secondary N) is 1. The minimum Gasteiger partial charge on any atom is -0.346 e. The average molecular weight is 296 g/mol. The summed E-state index contributed by atoms with van der Waals surface area (Å²) >= 11 is 5.76. The summed E-state index contributed by atoms with van der Waals surface area (Å²) in [6, 6.07) is 6.39. The van der Waals surface area contributed by atoms with Gasteiger partial charge in [0.05, 0.1) is 11.5 Å². The Kier molecular flexibility index (Phi) is 5.06. The van der Waals surface area contributed by atoms with E-state index in [1.54, 1.807) is 38.1 Å². The minimum atomic E-state index is -0.950. The van der Waals surface area contributed by atoms with Gasteiger partial charge in [0.2, 0.25) is 0 Å². The summed E-state index contributed by atoms with van der Waals surface area (Å²) in [5, 5.41) is 3.26. The van der Waals surface area contributed by atoms with Gasteiger partial charge in [-0.15, -0.1) is 0 Å². The zero-order valence-electron chi connectivity index (χ0n) is 12.0. The summed E-state index contributed by atoms with van der Waals surface area (Å²) in [4.78, 5) is 35.4. The molecule has 0 saturated carbocycles. The summed E-state index contributed by atoms with van der Waals surface area (Å²) in [7, 11) is 0. The van der Waals surface area contributed by atoms with E-state index in [-0.39, 0.29) is 17.5 Å². The highest BCUT2D eigenvalue weighted by molar-refractivity contribution is 6.30. The number of hydrogen-bond acceptors (Lipinski definition) is 3. The molecule has 1 aromatic carbocycles. The third-order valence-electron chi connectivity index (χ3n) is 3.08. The van der Waals surface area contributed by atoms with Gasteiger partial charge in [0.25, 0.3) is 5.91 Å². The molecule has 1 N–H and O–H groups in total. The third kappa shape index (κ3) is 3.90. The van der Waals surface area contributed by atoms with Crippen LogP contribution in [0, 0.1) is 5.92 Å². The molecule has 0 aliphatic carbocycles. The molecule has 0 unspecified atom stereocenters. The first-order valence-corrected chi connectivity index (χ1v) is 6.62. The van der Waals surface area contributed by atoms with Crippen molar-refractivity contribution in [2.45, 2.75) is 33.2 Å². The van der Waals surface area contributed by atoms with E-state index in [9.17, 15) is 14.4 Å².